The highest BCUT2D eigenvalue weighted by Gasteiger charge is 2.16. The van der Waals surface area contributed by atoms with Gasteiger partial charge in [-0.2, -0.15) is 0 Å². The highest BCUT2D eigenvalue weighted by Crippen LogP contribution is 2.30. The van der Waals surface area contributed by atoms with E-state index < -0.39 is 0 Å². The summed E-state index contributed by atoms with van der Waals surface area (Å²) in [5, 5.41) is 0. The van der Waals surface area contributed by atoms with Gasteiger partial charge in [0.25, 0.3) is 0 Å². The molecule has 0 heterocycles. The SMILES string of the molecule is CC1CCC(C)CC1.CC1CCC(C)CC1.CC1CCC(C)CC1.CC1CCC(C)CC1.CC1CCC(C)CC1.Cc1ccc(C)cc1.O.[HH].[HH]. The zero-order valence-electron chi connectivity index (χ0n) is 35.7. The normalized spacial score (nSPS) is 34.0. The van der Waals surface area contributed by atoms with Gasteiger partial charge in [-0.25, -0.2) is 0 Å². The fourth-order valence-corrected chi connectivity index (χ4v) is 7.77. The Balaban J connectivity index is -0.000000536. The summed E-state index contributed by atoms with van der Waals surface area (Å²) in [7, 11) is 0. The topological polar surface area (TPSA) is 31.5 Å². The average molecular weight is 689 g/mol. The van der Waals surface area contributed by atoms with E-state index in [-0.39, 0.29) is 8.33 Å². The predicted octanol–water partition coefficient (Wildman–Crippen LogP) is 16.1. The zero-order valence-corrected chi connectivity index (χ0v) is 35.7. The van der Waals surface area contributed by atoms with Crippen molar-refractivity contribution in [2.24, 2.45) is 59.2 Å². The van der Waals surface area contributed by atoms with Crippen molar-refractivity contribution >= 4 is 0 Å². The third-order valence-electron chi connectivity index (χ3n) is 12.7. The van der Waals surface area contributed by atoms with E-state index in [2.05, 4.69) is 107 Å². The van der Waals surface area contributed by atoms with E-state index in [1.807, 2.05) is 0 Å². The van der Waals surface area contributed by atoms with Crippen LogP contribution >= 0.6 is 0 Å². The monoisotopic (exact) mass is 689 g/mol. The van der Waals surface area contributed by atoms with Gasteiger partial charge in [-0.05, 0) is 73.0 Å². The lowest BCUT2D eigenvalue weighted by Gasteiger charge is -2.22. The minimum Gasteiger partial charge on any atom is -0.412 e. The van der Waals surface area contributed by atoms with E-state index in [1.54, 1.807) is 0 Å². The van der Waals surface area contributed by atoms with Crippen LogP contribution in [0, 0.1) is 73.0 Å². The van der Waals surface area contributed by atoms with Crippen LogP contribution in [0.3, 0.4) is 0 Å². The number of hydrogen-bond acceptors (Lipinski definition) is 0. The van der Waals surface area contributed by atoms with Gasteiger partial charge in [0.2, 0.25) is 0 Å². The minimum atomic E-state index is 0. The van der Waals surface area contributed by atoms with Crippen molar-refractivity contribution < 1.29 is 8.33 Å². The van der Waals surface area contributed by atoms with E-state index in [1.165, 1.54) is 140 Å². The van der Waals surface area contributed by atoms with Gasteiger partial charge in [0.1, 0.15) is 0 Å². The Kier molecular flexibility index (Phi) is 28.2. The first-order chi connectivity index (χ1) is 22.7. The molecule has 49 heavy (non-hydrogen) atoms. The van der Waals surface area contributed by atoms with Crippen LogP contribution in [-0.2, 0) is 0 Å². The van der Waals surface area contributed by atoms with Gasteiger partial charge >= 0.3 is 0 Å². The molecule has 0 aliphatic heterocycles. The molecule has 0 amide bonds. The molecule has 0 spiro atoms. The van der Waals surface area contributed by atoms with Crippen LogP contribution in [0.4, 0.5) is 0 Å². The van der Waals surface area contributed by atoms with E-state index >= 15 is 0 Å². The van der Waals surface area contributed by atoms with E-state index in [0.29, 0.717) is 0 Å². The van der Waals surface area contributed by atoms with Crippen molar-refractivity contribution in [1.29, 1.82) is 0 Å². The molecule has 1 heteroatoms. The Hall–Kier alpha value is -0.820. The molecule has 5 aliphatic carbocycles. The van der Waals surface area contributed by atoms with Gasteiger partial charge in [0.05, 0.1) is 0 Å². The summed E-state index contributed by atoms with van der Waals surface area (Å²) >= 11 is 0. The smallest absolute Gasteiger partial charge is 0 e. The summed E-state index contributed by atoms with van der Waals surface area (Å²) in [6.07, 6.45) is 29.5. The fourth-order valence-electron chi connectivity index (χ4n) is 7.77. The first kappa shape index (κ1) is 48.2. The predicted molar refractivity (Wildman–Crippen MR) is 228 cm³/mol. The van der Waals surface area contributed by atoms with Crippen molar-refractivity contribution in [3.63, 3.8) is 0 Å². The van der Waals surface area contributed by atoms with Crippen LogP contribution in [0.5, 0.6) is 0 Å². The molecule has 0 radical (unpaired) electrons. The van der Waals surface area contributed by atoms with Crippen LogP contribution in [0.1, 0.15) is 212 Å². The molecule has 0 atom stereocenters. The summed E-state index contributed by atoms with van der Waals surface area (Å²) in [6, 6.07) is 8.48. The van der Waals surface area contributed by atoms with Crippen molar-refractivity contribution in [2.75, 3.05) is 0 Å². The van der Waals surface area contributed by atoms with Crippen molar-refractivity contribution in [3.8, 4) is 0 Å². The Morgan fingerprint density at radius 3 is 0.429 bits per heavy atom. The van der Waals surface area contributed by atoms with Gasteiger partial charge in [0, 0.05) is 2.85 Å². The van der Waals surface area contributed by atoms with Gasteiger partial charge < -0.3 is 5.48 Å². The molecule has 5 fully saturated rings. The highest BCUT2D eigenvalue weighted by molar-refractivity contribution is 5.19. The number of benzene rings is 1. The lowest BCUT2D eigenvalue weighted by Crippen LogP contribution is -2.08. The molecule has 0 bridgehead atoms. The maximum absolute atomic E-state index is 2.37. The summed E-state index contributed by atoms with van der Waals surface area (Å²) in [5.74, 6) is 10.2. The Bertz CT molecular complexity index is 643. The molecule has 0 unspecified atom stereocenters. The second kappa shape index (κ2) is 28.7. The van der Waals surface area contributed by atoms with Crippen LogP contribution in [-0.4, -0.2) is 5.48 Å². The average Bonchev–Trinajstić information content (AvgIpc) is 3.07. The third kappa shape index (κ3) is 27.5. The molecule has 5 aliphatic rings. The Morgan fingerprint density at radius 1 is 0.265 bits per heavy atom. The first-order valence-electron chi connectivity index (χ1n) is 21.8. The Labute approximate surface area is 313 Å². The molecule has 1 nitrogen and oxygen atoms in total. The molecule has 2 N–H and O–H groups in total. The molecule has 0 aromatic heterocycles. The number of hydrogen-bond donors (Lipinski definition) is 0. The maximum atomic E-state index is 2.37. The fraction of sp³-hybridized carbons (Fsp3) is 0.875. The van der Waals surface area contributed by atoms with Crippen LogP contribution in [0.25, 0.3) is 0 Å². The molecule has 5 saturated carbocycles. The molecule has 294 valence electrons. The second-order valence-corrected chi connectivity index (χ2v) is 19.0. The minimum absolute atomic E-state index is 0. The van der Waals surface area contributed by atoms with Gasteiger partial charge in [0.15, 0.2) is 0 Å². The van der Waals surface area contributed by atoms with E-state index in [4.69, 9.17) is 0 Å². The van der Waals surface area contributed by atoms with Gasteiger partial charge in [-0.15, -0.1) is 0 Å². The number of rotatable bonds is 0. The molecule has 0 saturated heterocycles. The Morgan fingerprint density at radius 2 is 0.347 bits per heavy atom. The lowest BCUT2D eigenvalue weighted by atomic mass is 9.84. The highest BCUT2D eigenvalue weighted by atomic mass is 16.0. The first-order valence-corrected chi connectivity index (χ1v) is 21.8. The van der Waals surface area contributed by atoms with Crippen molar-refractivity contribution in [1.82, 2.24) is 0 Å². The van der Waals surface area contributed by atoms with Crippen LogP contribution in [0.15, 0.2) is 24.3 Å². The van der Waals surface area contributed by atoms with Gasteiger partial charge in [-0.1, -0.05) is 233 Å². The summed E-state index contributed by atoms with van der Waals surface area (Å²) < 4.78 is 0. The van der Waals surface area contributed by atoms with Crippen molar-refractivity contribution in [2.45, 2.75) is 212 Å². The maximum Gasteiger partial charge on any atom is 0 e. The lowest BCUT2D eigenvalue weighted by molar-refractivity contribution is 0.308. The molecule has 1 aromatic rings. The molecular formula is C48H96O. The van der Waals surface area contributed by atoms with E-state index in [0.717, 1.165) is 59.2 Å². The molecular weight excluding hydrogens is 593 g/mol. The summed E-state index contributed by atoms with van der Waals surface area (Å²) in [5.41, 5.74) is 2.66. The van der Waals surface area contributed by atoms with Crippen LogP contribution < -0.4 is 0 Å². The second-order valence-electron chi connectivity index (χ2n) is 19.0. The molecule has 1 aromatic carbocycles. The van der Waals surface area contributed by atoms with Crippen molar-refractivity contribution in [3.05, 3.63) is 35.4 Å². The quantitative estimate of drug-likeness (QED) is 0.260. The number of aryl methyl sites for hydroxylation is 2. The van der Waals surface area contributed by atoms with Crippen LogP contribution in [0.2, 0.25) is 0 Å². The zero-order chi connectivity index (χ0) is 35.9. The largest absolute Gasteiger partial charge is 0.412 e. The third-order valence-corrected chi connectivity index (χ3v) is 12.7. The summed E-state index contributed by atoms with van der Waals surface area (Å²) in [4.78, 5) is 0. The van der Waals surface area contributed by atoms with E-state index in [9.17, 15) is 0 Å². The molecule has 6 rings (SSSR count). The van der Waals surface area contributed by atoms with Gasteiger partial charge in [-0.3, -0.25) is 0 Å². The standard InChI is InChI=1S/5C8H16.C8H10.H2O.2H2/c6*1-7-3-5-8(2)6-4-7;;;/h5*7-8H,3-6H2,1-2H3;3-6H,1-2H3;1H2;2*1H. The summed E-state index contributed by atoms with van der Waals surface area (Å²) in [6.45, 7) is 27.9.